The summed E-state index contributed by atoms with van der Waals surface area (Å²) in [5.41, 5.74) is 1.05. The number of aliphatic hydroxyl groups is 1. The van der Waals surface area contributed by atoms with Gasteiger partial charge in [0.25, 0.3) is 11.8 Å². The molecule has 1 unspecified atom stereocenters. The highest BCUT2D eigenvalue weighted by Crippen LogP contribution is 2.35. The topological polar surface area (TPSA) is 76.1 Å². The SMILES string of the molecule is C=CCOCC(O)C[N+](C)(C)CCCN1C(=O)c2cccc3c(OC)ccc(c23)C1=O.[Cl-]. The smallest absolute Gasteiger partial charge is 0.261 e. The first kappa shape index (κ1) is 25.8. The third-order valence-electron chi connectivity index (χ3n) is 5.57. The van der Waals surface area contributed by atoms with E-state index in [1.54, 1.807) is 31.4 Å². The summed E-state index contributed by atoms with van der Waals surface area (Å²) in [6.07, 6.45) is 1.69. The maximum atomic E-state index is 13.1. The first-order chi connectivity index (χ1) is 14.8. The summed E-state index contributed by atoms with van der Waals surface area (Å²) in [6, 6.07) is 8.93. The van der Waals surface area contributed by atoms with Crippen molar-refractivity contribution in [3.63, 3.8) is 0 Å². The molecule has 0 spiro atoms. The lowest BCUT2D eigenvalue weighted by Crippen LogP contribution is -3.00. The van der Waals surface area contributed by atoms with E-state index in [9.17, 15) is 14.7 Å². The van der Waals surface area contributed by atoms with Gasteiger partial charge >= 0.3 is 0 Å². The maximum Gasteiger partial charge on any atom is 0.261 e. The summed E-state index contributed by atoms with van der Waals surface area (Å²) in [6.45, 7) is 5.79. The summed E-state index contributed by atoms with van der Waals surface area (Å²) >= 11 is 0. The molecule has 2 aromatic rings. The molecule has 0 aliphatic carbocycles. The van der Waals surface area contributed by atoms with E-state index >= 15 is 0 Å². The molecule has 2 aromatic carbocycles. The van der Waals surface area contributed by atoms with Crippen LogP contribution in [0.5, 0.6) is 5.75 Å². The van der Waals surface area contributed by atoms with Crippen molar-refractivity contribution in [1.29, 1.82) is 0 Å². The third-order valence-corrected chi connectivity index (χ3v) is 5.57. The Labute approximate surface area is 195 Å². The molecule has 32 heavy (non-hydrogen) atoms. The Morgan fingerprint density at radius 2 is 1.84 bits per heavy atom. The molecular formula is C24H31ClN2O5. The molecule has 0 saturated heterocycles. The highest BCUT2D eigenvalue weighted by molar-refractivity contribution is 6.26. The van der Waals surface area contributed by atoms with E-state index in [0.29, 0.717) is 59.4 Å². The first-order valence-electron chi connectivity index (χ1n) is 10.4. The molecule has 1 aliphatic heterocycles. The van der Waals surface area contributed by atoms with Crippen LogP contribution in [0.3, 0.4) is 0 Å². The van der Waals surface area contributed by atoms with Crippen molar-refractivity contribution in [2.24, 2.45) is 0 Å². The zero-order valence-corrected chi connectivity index (χ0v) is 19.6. The van der Waals surface area contributed by atoms with E-state index in [1.165, 1.54) is 4.90 Å². The van der Waals surface area contributed by atoms with E-state index in [0.717, 1.165) is 5.39 Å². The van der Waals surface area contributed by atoms with Gasteiger partial charge in [-0.15, -0.1) is 6.58 Å². The normalized spacial score (nSPS) is 14.3. The largest absolute Gasteiger partial charge is 1.00 e. The molecule has 7 nitrogen and oxygen atoms in total. The Hall–Kier alpha value is -2.45. The molecule has 8 heteroatoms. The number of hydrogen-bond donors (Lipinski definition) is 1. The van der Waals surface area contributed by atoms with Crippen LogP contribution in [-0.4, -0.2) is 86.5 Å². The Morgan fingerprint density at radius 3 is 2.50 bits per heavy atom. The summed E-state index contributed by atoms with van der Waals surface area (Å²) in [7, 11) is 5.60. The van der Waals surface area contributed by atoms with Crippen molar-refractivity contribution in [1.82, 2.24) is 4.90 Å². The molecular weight excluding hydrogens is 432 g/mol. The number of amides is 2. The van der Waals surface area contributed by atoms with Gasteiger partial charge in [0.1, 0.15) is 18.4 Å². The minimum absolute atomic E-state index is 0. The van der Waals surface area contributed by atoms with Crippen LogP contribution in [0, 0.1) is 0 Å². The Bertz CT molecular complexity index is 970. The van der Waals surface area contributed by atoms with Crippen LogP contribution in [0.1, 0.15) is 27.1 Å². The average molecular weight is 463 g/mol. The van der Waals surface area contributed by atoms with Gasteiger partial charge in [-0.1, -0.05) is 18.2 Å². The van der Waals surface area contributed by atoms with Crippen molar-refractivity contribution in [2.75, 3.05) is 54.1 Å². The van der Waals surface area contributed by atoms with Crippen LogP contribution in [0.15, 0.2) is 43.0 Å². The number of imide groups is 1. The number of aliphatic hydroxyl groups excluding tert-OH is 1. The number of nitrogens with zero attached hydrogens (tertiary/aromatic N) is 2. The summed E-state index contributed by atoms with van der Waals surface area (Å²) in [5.74, 6) is 0.0864. The summed E-state index contributed by atoms with van der Waals surface area (Å²) in [4.78, 5) is 27.5. The second kappa shape index (κ2) is 10.9. The lowest BCUT2D eigenvalue weighted by Gasteiger charge is -2.33. The number of halogens is 1. The van der Waals surface area contributed by atoms with E-state index in [2.05, 4.69) is 6.58 Å². The molecule has 0 fully saturated rings. The number of carbonyl (C=O) groups excluding carboxylic acids is 2. The van der Waals surface area contributed by atoms with Crippen LogP contribution in [-0.2, 0) is 4.74 Å². The molecule has 0 saturated carbocycles. The zero-order chi connectivity index (χ0) is 22.6. The molecule has 2 amide bonds. The maximum absolute atomic E-state index is 13.1. The quantitative estimate of drug-likeness (QED) is 0.210. The first-order valence-corrected chi connectivity index (χ1v) is 10.4. The van der Waals surface area contributed by atoms with Gasteiger partial charge < -0.3 is 31.5 Å². The number of hydrogen-bond acceptors (Lipinski definition) is 5. The van der Waals surface area contributed by atoms with Crippen molar-refractivity contribution in [3.8, 4) is 5.75 Å². The summed E-state index contributed by atoms with van der Waals surface area (Å²) < 4.78 is 11.3. The minimum atomic E-state index is -0.590. The number of ether oxygens (including phenoxy) is 2. The van der Waals surface area contributed by atoms with Crippen molar-refractivity contribution in [2.45, 2.75) is 12.5 Å². The average Bonchev–Trinajstić information content (AvgIpc) is 2.73. The Balaban J connectivity index is 0.00000363. The molecule has 1 heterocycles. The van der Waals surface area contributed by atoms with Crippen LogP contribution in [0.25, 0.3) is 10.8 Å². The molecule has 0 bridgehead atoms. The van der Waals surface area contributed by atoms with E-state index < -0.39 is 6.10 Å². The fourth-order valence-corrected chi connectivity index (χ4v) is 4.16. The minimum Gasteiger partial charge on any atom is -1.00 e. The summed E-state index contributed by atoms with van der Waals surface area (Å²) in [5, 5.41) is 11.6. The van der Waals surface area contributed by atoms with Gasteiger partial charge in [0.05, 0.1) is 41.0 Å². The van der Waals surface area contributed by atoms with E-state index in [1.807, 2.05) is 26.2 Å². The second-order valence-electron chi connectivity index (χ2n) is 8.48. The monoisotopic (exact) mass is 462 g/mol. The highest BCUT2D eigenvalue weighted by Gasteiger charge is 2.33. The van der Waals surface area contributed by atoms with Crippen molar-refractivity contribution < 1.29 is 41.1 Å². The van der Waals surface area contributed by atoms with Gasteiger partial charge in [-0.3, -0.25) is 14.5 Å². The fraction of sp³-hybridized carbons (Fsp3) is 0.417. The standard InChI is InChI=1S/C24H31N2O5.ClH/c1-5-14-31-16-17(27)15-26(2,3)13-7-12-25-23(28)19-9-6-8-18-21(30-4)11-10-20(22(18)19)24(25)29;/h5-6,8-11,17,27H,1,7,12-16H2,2-4H3;1H/q+1;/p-1. The number of quaternary nitrogens is 1. The number of methoxy groups -OCH3 is 1. The van der Waals surface area contributed by atoms with Crippen LogP contribution in [0.4, 0.5) is 0 Å². The van der Waals surface area contributed by atoms with Crippen LogP contribution in [0.2, 0.25) is 0 Å². The molecule has 174 valence electrons. The van der Waals surface area contributed by atoms with Gasteiger partial charge in [-0.05, 0) is 18.2 Å². The predicted octanol–water partition coefficient (Wildman–Crippen LogP) is -0.522. The molecule has 1 atom stereocenters. The number of benzene rings is 2. The number of carbonyl (C=O) groups is 2. The molecule has 3 rings (SSSR count). The van der Waals surface area contributed by atoms with E-state index in [4.69, 9.17) is 9.47 Å². The molecule has 0 aromatic heterocycles. The zero-order valence-electron chi connectivity index (χ0n) is 18.8. The third kappa shape index (κ3) is 5.48. The van der Waals surface area contributed by atoms with Gasteiger partial charge in [0.2, 0.25) is 0 Å². The predicted molar refractivity (Wildman–Crippen MR) is 119 cm³/mol. The lowest BCUT2D eigenvalue weighted by atomic mass is 9.93. The molecule has 0 radical (unpaired) electrons. The Kier molecular flexibility index (Phi) is 8.81. The highest BCUT2D eigenvalue weighted by atomic mass is 35.5. The van der Waals surface area contributed by atoms with Crippen molar-refractivity contribution in [3.05, 3.63) is 54.1 Å². The number of likely N-dealkylation sites (N-methyl/N-ethyl adjacent to an activating group) is 1. The van der Waals surface area contributed by atoms with Crippen molar-refractivity contribution >= 4 is 22.6 Å². The van der Waals surface area contributed by atoms with Gasteiger partial charge in [-0.25, -0.2) is 0 Å². The fourth-order valence-electron chi connectivity index (χ4n) is 4.16. The Morgan fingerprint density at radius 1 is 1.16 bits per heavy atom. The number of rotatable bonds is 11. The lowest BCUT2D eigenvalue weighted by molar-refractivity contribution is -0.893. The van der Waals surface area contributed by atoms with Gasteiger partial charge in [-0.2, -0.15) is 0 Å². The molecule has 1 aliphatic rings. The van der Waals surface area contributed by atoms with E-state index in [-0.39, 0.29) is 30.8 Å². The van der Waals surface area contributed by atoms with Crippen LogP contribution >= 0.6 is 0 Å². The van der Waals surface area contributed by atoms with Gasteiger partial charge in [0.15, 0.2) is 0 Å². The van der Waals surface area contributed by atoms with Gasteiger partial charge in [0, 0.05) is 34.9 Å². The van der Waals surface area contributed by atoms with Crippen LogP contribution < -0.4 is 17.1 Å². The second-order valence-corrected chi connectivity index (χ2v) is 8.48. The molecule has 1 N–H and O–H groups in total.